The smallest absolute Gasteiger partial charge is 0.227 e. The Morgan fingerprint density at radius 2 is 2.11 bits per heavy atom. The number of anilines is 1. The molecular formula is C19H30N4O3S. The Kier molecular flexibility index (Phi) is 7.65. The Bertz CT molecular complexity index is 777. The predicted octanol–water partition coefficient (Wildman–Crippen LogP) is 1.91. The van der Waals surface area contributed by atoms with Crippen molar-refractivity contribution in [2.75, 3.05) is 23.4 Å². The SMILES string of the molecule is CCNC(=NCc1cccc(NC(=O)C(C)CC)c1)NC1CCS(=O)(=O)C1. The number of nitrogens with one attached hydrogen (secondary N) is 3. The molecule has 7 nitrogen and oxygen atoms in total. The molecule has 2 unspecified atom stereocenters. The van der Waals surface area contributed by atoms with Gasteiger partial charge in [-0.15, -0.1) is 0 Å². The van der Waals surface area contributed by atoms with E-state index in [9.17, 15) is 13.2 Å². The fourth-order valence-electron chi connectivity index (χ4n) is 2.79. The molecule has 1 aliphatic heterocycles. The molecule has 150 valence electrons. The van der Waals surface area contributed by atoms with Gasteiger partial charge in [-0.1, -0.05) is 26.0 Å². The van der Waals surface area contributed by atoms with E-state index in [1.807, 2.05) is 45.0 Å². The Morgan fingerprint density at radius 3 is 2.74 bits per heavy atom. The first-order valence-corrected chi connectivity index (χ1v) is 11.3. The average Bonchev–Trinajstić information content (AvgIpc) is 2.98. The van der Waals surface area contributed by atoms with Crippen molar-refractivity contribution in [3.05, 3.63) is 29.8 Å². The molecule has 8 heteroatoms. The van der Waals surface area contributed by atoms with Crippen LogP contribution in [0.2, 0.25) is 0 Å². The first-order chi connectivity index (χ1) is 12.8. The van der Waals surface area contributed by atoms with Crippen molar-refractivity contribution in [2.45, 2.75) is 46.2 Å². The van der Waals surface area contributed by atoms with Crippen LogP contribution in [0.4, 0.5) is 5.69 Å². The van der Waals surface area contributed by atoms with Crippen LogP contribution in [0.3, 0.4) is 0 Å². The summed E-state index contributed by atoms with van der Waals surface area (Å²) in [6, 6.07) is 7.51. The summed E-state index contributed by atoms with van der Waals surface area (Å²) in [5, 5.41) is 9.28. The topological polar surface area (TPSA) is 99.7 Å². The fraction of sp³-hybridized carbons (Fsp3) is 0.579. The van der Waals surface area contributed by atoms with Crippen LogP contribution in [0.1, 0.15) is 39.2 Å². The monoisotopic (exact) mass is 394 g/mol. The zero-order valence-electron chi connectivity index (χ0n) is 16.3. The van der Waals surface area contributed by atoms with E-state index in [4.69, 9.17) is 0 Å². The molecular weight excluding hydrogens is 364 g/mol. The third-order valence-corrected chi connectivity index (χ3v) is 6.36. The molecule has 0 aliphatic carbocycles. The third kappa shape index (κ3) is 6.86. The normalized spacial score (nSPS) is 20.1. The highest BCUT2D eigenvalue weighted by molar-refractivity contribution is 7.91. The highest BCUT2D eigenvalue weighted by atomic mass is 32.2. The number of carbonyl (C=O) groups excluding carboxylic acids is 1. The maximum absolute atomic E-state index is 12.0. The molecule has 1 heterocycles. The second-order valence-electron chi connectivity index (χ2n) is 6.94. The number of nitrogens with zero attached hydrogens (tertiary/aromatic N) is 1. The summed E-state index contributed by atoms with van der Waals surface area (Å²) in [6.45, 7) is 6.98. The number of carbonyl (C=O) groups is 1. The third-order valence-electron chi connectivity index (χ3n) is 4.59. The summed E-state index contributed by atoms with van der Waals surface area (Å²) in [5.74, 6) is 0.958. The molecule has 0 radical (unpaired) electrons. The van der Waals surface area contributed by atoms with Crippen molar-refractivity contribution >= 4 is 27.4 Å². The fourth-order valence-corrected chi connectivity index (χ4v) is 4.46. The van der Waals surface area contributed by atoms with Crippen molar-refractivity contribution in [3.63, 3.8) is 0 Å². The number of aliphatic imine (C=N–C) groups is 1. The maximum Gasteiger partial charge on any atom is 0.227 e. The molecule has 0 aromatic heterocycles. The van der Waals surface area contributed by atoms with E-state index in [0.717, 1.165) is 17.7 Å². The minimum atomic E-state index is -2.94. The summed E-state index contributed by atoms with van der Waals surface area (Å²) in [5.41, 5.74) is 1.72. The van der Waals surface area contributed by atoms with Gasteiger partial charge in [0.05, 0.1) is 18.1 Å². The van der Waals surface area contributed by atoms with Crippen molar-refractivity contribution in [1.82, 2.24) is 10.6 Å². The molecule has 1 aliphatic rings. The van der Waals surface area contributed by atoms with Gasteiger partial charge in [-0.25, -0.2) is 13.4 Å². The number of hydrogen-bond donors (Lipinski definition) is 3. The highest BCUT2D eigenvalue weighted by Gasteiger charge is 2.28. The lowest BCUT2D eigenvalue weighted by Crippen LogP contribution is -2.44. The van der Waals surface area contributed by atoms with Gasteiger partial charge in [0, 0.05) is 24.2 Å². The van der Waals surface area contributed by atoms with Gasteiger partial charge < -0.3 is 16.0 Å². The molecule has 1 aromatic rings. The maximum atomic E-state index is 12.0. The lowest BCUT2D eigenvalue weighted by molar-refractivity contribution is -0.119. The van der Waals surface area contributed by atoms with Gasteiger partial charge in [-0.3, -0.25) is 4.79 Å². The largest absolute Gasteiger partial charge is 0.357 e. The first-order valence-electron chi connectivity index (χ1n) is 9.48. The minimum Gasteiger partial charge on any atom is -0.357 e. The Balaban J connectivity index is 2.00. The summed E-state index contributed by atoms with van der Waals surface area (Å²) in [4.78, 5) is 16.6. The van der Waals surface area contributed by atoms with Gasteiger partial charge in [0.2, 0.25) is 5.91 Å². The Hall–Kier alpha value is -2.09. The van der Waals surface area contributed by atoms with Crippen LogP contribution < -0.4 is 16.0 Å². The van der Waals surface area contributed by atoms with Gasteiger partial charge in [0.15, 0.2) is 15.8 Å². The van der Waals surface area contributed by atoms with Crippen molar-refractivity contribution < 1.29 is 13.2 Å². The zero-order chi connectivity index (χ0) is 19.9. The minimum absolute atomic E-state index is 0.00981. The summed E-state index contributed by atoms with van der Waals surface area (Å²) in [6.07, 6.45) is 1.40. The molecule has 0 spiro atoms. The first kappa shape index (κ1) is 21.2. The summed E-state index contributed by atoms with van der Waals surface area (Å²) in [7, 11) is -2.94. The molecule has 0 saturated carbocycles. The van der Waals surface area contributed by atoms with E-state index in [1.54, 1.807) is 0 Å². The van der Waals surface area contributed by atoms with Crippen molar-refractivity contribution in [1.29, 1.82) is 0 Å². The molecule has 2 rings (SSSR count). The highest BCUT2D eigenvalue weighted by Crippen LogP contribution is 2.14. The standard InChI is InChI=1S/C19H30N4O3S/c1-4-14(3)18(24)22-16-8-6-7-15(11-16)12-21-19(20-5-2)23-17-9-10-27(25,26)13-17/h6-8,11,14,17H,4-5,9-10,12-13H2,1-3H3,(H,22,24)(H2,20,21,23). The van der Waals surface area contributed by atoms with Crippen LogP contribution >= 0.6 is 0 Å². The van der Waals surface area contributed by atoms with Crippen LogP contribution in [0, 0.1) is 5.92 Å². The molecule has 1 saturated heterocycles. The summed E-state index contributed by atoms with van der Waals surface area (Å²) >= 11 is 0. The molecule has 3 N–H and O–H groups in total. The number of hydrogen-bond acceptors (Lipinski definition) is 4. The molecule has 1 aromatic carbocycles. The number of amides is 1. The van der Waals surface area contributed by atoms with E-state index >= 15 is 0 Å². The molecule has 1 amide bonds. The van der Waals surface area contributed by atoms with Crippen LogP contribution in [0.5, 0.6) is 0 Å². The lowest BCUT2D eigenvalue weighted by Gasteiger charge is -2.16. The predicted molar refractivity (Wildman–Crippen MR) is 110 cm³/mol. The second-order valence-corrected chi connectivity index (χ2v) is 9.17. The van der Waals surface area contributed by atoms with E-state index < -0.39 is 9.84 Å². The van der Waals surface area contributed by atoms with Crippen molar-refractivity contribution in [3.8, 4) is 0 Å². The van der Waals surface area contributed by atoms with Gasteiger partial charge in [0.1, 0.15) is 0 Å². The lowest BCUT2D eigenvalue weighted by atomic mass is 10.1. The van der Waals surface area contributed by atoms with Crippen LogP contribution in [0.25, 0.3) is 0 Å². The average molecular weight is 395 g/mol. The zero-order valence-corrected chi connectivity index (χ0v) is 17.1. The van der Waals surface area contributed by atoms with E-state index in [2.05, 4.69) is 20.9 Å². The van der Waals surface area contributed by atoms with Gasteiger partial charge in [-0.05, 0) is 37.5 Å². The Morgan fingerprint density at radius 1 is 1.33 bits per heavy atom. The quantitative estimate of drug-likeness (QED) is 0.485. The van der Waals surface area contributed by atoms with Gasteiger partial charge in [0.25, 0.3) is 0 Å². The number of benzene rings is 1. The van der Waals surface area contributed by atoms with Gasteiger partial charge in [-0.2, -0.15) is 0 Å². The Labute approximate surface area is 162 Å². The van der Waals surface area contributed by atoms with E-state index in [0.29, 0.717) is 25.5 Å². The van der Waals surface area contributed by atoms with Crippen LogP contribution in [-0.2, 0) is 21.2 Å². The number of rotatable bonds is 7. The molecule has 1 fully saturated rings. The van der Waals surface area contributed by atoms with E-state index in [1.165, 1.54) is 0 Å². The molecule has 27 heavy (non-hydrogen) atoms. The van der Waals surface area contributed by atoms with E-state index in [-0.39, 0.29) is 29.4 Å². The number of sulfone groups is 1. The molecule has 2 atom stereocenters. The number of guanidine groups is 1. The van der Waals surface area contributed by atoms with Crippen molar-refractivity contribution in [2.24, 2.45) is 10.9 Å². The van der Waals surface area contributed by atoms with Crippen LogP contribution in [0.15, 0.2) is 29.3 Å². The van der Waals surface area contributed by atoms with Crippen LogP contribution in [-0.4, -0.2) is 44.4 Å². The summed E-state index contributed by atoms with van der Waals surface area (Å²) < 4.78 is 23.2. The second kappa shape index (κ2) is 9.73. The van der Waals surface area contributed by atoms with Gasteiger partial charge >= 0.3 is 0 Å². The molecule has 0 bridgehead atoms.